The van der Waals surface area contributed by atoms with Crippen LogP contribution < -0.4 is 16.0 Å². The average molecular weight is 233 g/mol. The molecule has 0 spiro atoms. The second-order valence-electron chi connectivity index (χ2n) is 3.41. The number of aromatic hydroxyl groups is 1. The molecule has 0 saturated carbocycles. The number of rotatable bonds is 2. The maximum absolute atomic E-state index is 11.2. The zero-order valence-electron chi connectivity index (χ0n) is 9.10. The highest BCUT2D eigenvalue weighted by atomic mass is 16.5. The van der Waals surface area contributed by atoms with Crippen molar-refractivity contribution >= 4 is 5.69 Å². The highest BCUT2D eigenvalue weighted by molar-refractivity contribution is 5.67. The number of nitrogen functional groups attached to an aromatic ring is 1. The van der Waals surface area contributed by atoms with E-state index in [1.54, 1.807) is 18.2 Å². The Morgan fingerprint density at radius 2 is 2.18 bits per heavy atom. The predicted molar refractivity (Wildman–Crippen MR) is 62.9 cm³/mol. The number of aromatic nitrogens is 2. The molecule has 4 N–H and O–H groups in total. The number of ether oxygens (including phenoxy) is 1. The van der Waals surface area contributed by atoms with Crippen molar-refractivity contribution in [3.63, 3.8) is 0 Å². The standard InChI is InChI=1S/C11H11N3O3/c1-17-8-4-6(12)2-3-7(8)11-13-9(15)5-10(16)14-11/h2-5H,12H2,1H3,(H2,13,14,15,16). The Morgan fingerprint density at radius 3 is 2.82 bits per heavy atom. The minimum absolute atomic E-state index is 0.229. The molecule has 0 aliphatic heterocycles. The molecule has 0 amide bonds. The van der Waals surface area contributed by atoms with Crippen LogP contribution in [0.4, 0.5) is 5.69 Å². The first-order valence-electron chi connectivity index (χ1n) is 4.84. The van der Waals surface area contributed by atoms with Gasteiger partial charge >= 0.3 is 0 Å². The Balaban J connectivity index is 2.63. The molecule has 2 rings (SSSR count). The summed E-state index contributed by atoms with van der Waals surface area (Å²) in [6.07, 6.45) is 0. The molecule has 0 atom stereocenters. The summed E-state index contributed by atoms with van der Waals surface area (Å²) in [6.45, 7) is 0. The van der Waals surface area contributed by atoms with Gasteiger partial charge in [-0.15, -0.1) is 0 Å². The van der Waals surface area contributed by atoms with E-state index in [0.717, 1.165) is 6.07 Å². The number of anilines is 1. The van der Waals surface area contributed by atoms with Crippen LogP contribution in [0.3, 0.4) is 0 Å². The van der Waals surface area contributed by atoms with Gasteiger partial charge in [-0.2, -0.15) is 4.98 Å². The van der Waals surface area contributed by atoms with Crippen LogP contribution in [0, 0.1) is 0 Å². The first kappa shape index (κ1) is 11.0. The molecule has 6 heteroatoms. The Labute approximate surface area is 96.7 Å². The second kappa shape index (κ2) is 4.17. The zero-order valence-corrected chi connectivity index (χ0v) is 9.10. The van der Waals surface area contributed by atoms with E-state index in [0.29, 0.717) is 17.0 Å². The third kappa shape index (κ3) is 2.20. The smallest absolute Gasteiger partial charge is 0.254 e. The lowest BCUT2D eigenvalue weighted by Gasteiger charge is -2.08. The number of aromatic amines is 1. The minimum atomic E-state index is -0.439. The number of methoxy groups -OCH3 is 1. The summed E-state index contributed by atoms with van der Waals surface area (Å²) in [6, 6.07) is 5.92. The van der Waals surface area contributed by atoms with Crippen LogP contribution in [0.25, 0.3) is 11.4 Å². The van der Waals surface area contributed by atoms with Crippen molar-refractivity contribution in [3.05, 3.63) is 34.6 Å². The molecule has 0 fully saturated rings. The minimum Gasteiger partial charge on any atom is -0.496 e. The topological polar surface area (TPSA) is 101 Å². The van der Waals surface area contributed by atoms with Gasteiger partial charge in [0.05, 0.1) is 18.7 Å². The van der Waals surface area contributed by atoms with Crippen LogP contribution in [0.2, 0.25) is 0 Å². The SMILES string of the molecule is COc1cc(N)ccc1-c1nc(O)cc(=O)[nH]1. The van der Waals surface area contributed by atoms with E-state index in [1.807, 2.05) is 0 Å². The van der Waals surface area contributed by atoms with Crippen molar-refractivity contribution in [2.45, 2.75) is 0 Å². The molecule has 0 aliphatic rings. The highest BCUT2D eigenvalue weighted by Gasteiger charge is 2.09. The summed E-state index contributed by atoms with van der Waals surface area (Å²) in [5, 5.41) is 9.28. The first-order valence-corrected chi connectivity index (χ1v) is 4.84. The molecular weight excluding hydrogens is 222 g/mol. The molecule has 0 radical (unpaired) electrons. The third-order valence-corrected chi connectivity index (χ3v) is 2.21. The number of nitrogens with two attached hydrogens (primary N) is 1. The summed E-state index contributed by atoms with van der Waals surface area (Å²) in [5.74, 6) is 0.355. The Morgan fingerprint density at radius 1 is 1.41 bits per heavy atom. The number of hydrogen-bond donors (Lipinski definition) is 3. The van der Waals surface area contributed by atoms with Gasteiger partial charge in [-0.3, -0.25) is 4.79 Å². The van der Waals surface area contributed by atoms with E-state index in [9.17, 15) is 9.90 Å². The van der Waals surface area contributed by atoms with Gasteiger partial charge in [0, 0.05) is 11.8 Å². The summed E-state index contributed by atoms with van der Waals surface area (Å²) in [7, 11) is 1.49. The van der Waals surface area contributed by atoms with Crippen LogP contribution in [0.15, 0.2) is 29.1 Å². The second-order valence-corrected chi connectivity index (χ2v) is 3.41. The number of H-pyrrole nitrogens is 1. The van der Waals surface area contributed by atoms with Gasteiger partial charge < -0.3 is 20.6 Å². The van der Waals surface area contributed by atoms with Crippen molar-refractivity contribution in [2.24, 2.45) is 0 Å². The Hall–Kier alpha value is -2.50. The van der Waals surface area contributed by atoms with Crippen LogP contribution in [-0.2, 0) is 0 Å². The van der Waals surface area contributed by atoms with Gasteiger partial charge in [-0.05, 0) is 12.1 Å². The third-order valence-electron chi connectivity index (χ3n) is 2.21. The van der Waals surface area contributed by atoms with Crippen molar-refractivity contribution in [1.82, 2.24) is 9.97 Å². The fraction of sp³-hybridized carbons (Fsp3) is 0.0909. The van der Waals surface area contributed by atoms with E-state index < -0.39 is 5.56 Å². The quantitative estimate of drug-likeness (QED) is 0.664. The molecule has 1 heterocycles. The number of hydrogen-bond acceptors (Lipinski definition) is 5. The Bertz CT molecular complexity index is 607. The van der Waals surface area contributed by atoms with Gasteiger partial charge in [0.15, 0.2) is 0 Å². The molecule has 17 heavy (non-hydrogen) atoms. The van der Waals surface area contributed by atoms with Crippen molar-refractivity contribution < 1.29 is 9.84 Å². The number of nitrogens with one attached hydrogen (secondary N) is 1. The van der Waals surface area contributed by atoms with E-state index in [-0.39, 0.29) is 11.7 Å². The molecule has 0 unspecified atom stereocenters. The van der Waals surface area contributed by atoms with Crippen molar-refractivity contribution in [2.75, 3.05) is 12.8 Å². The van der Waals surface area contributed by atoms with Crippen LogP contribution in [0.5, 0.6) is 11.6 Å². The largest absolute Gasteiger partial charge is 0.496 e. The lowest BCUT2D eigenvalue weighted by atomic mass is 10.1. The Kier molecular flexibility index (Phi) is 2.70. The lowest BCUT2D eigenvalue weighted by Crippen LogP contribution is -2.07. The van der Waals surface area contributed by atoms with Crippen LogP contribution >= 0.6 is 0 Å². The number of nitrogens with zero attached hydrogens (tertiary/aromatic N) is 1. The van der Waals surface area contributed by atoms with Crippen molar-refractivity contribution in [1.29, 1.82) is 0 Å². The van der Waals surface area contributed by atoms with Crippen LogP contribution in [-0.4, -0.2) is 22.2 Å². The molecule has 0 bridgehead atoms. The normalized spacial score (nSPS) is 10.2. The molecule has 2 aromatic rings. The fourth-order valence-corrected chi connectivity index (χ4v) is 1.48. The van der Waals surface area contributed by atoms with Gasteiger partial charge in [0.2, 0.25) is 5.88 Å². The molecule has 0 saturated heterocycles. The molecule has 88 valence electrons. The monoisotopic (exact) mass is 233 g/mol. The van der Waals surface area contributed by atoms with E-state index in [4.69, 9.17) is 10.5 Å². The molecule has 1 aromatic carbocycles. The maximum Gasteiger partial charge on any atom is 0.254 e. The average Bonchev–Trinajstić information content (AvgIpc) is 2.27. The highest BCUT2D eigenvalue weighted by Crippen LogP contribution is 2.29. The predicted octanol–water partition coefficient (Wildman–Crippen LogP) is 0.733. The van der Waals surface area contributed by atoms with Crippen LogP contribution in [0.1, 0.15) is 0 Å². The van der Waals surface area contributed by atoms with Gasteiger partial charge in [0.1, 0.15) is 11.6 Å². The first-order chi connectivity index (χ1) is 8.10. The number of benzene rings is 1. The molecule has 6 nitrogen and oxygen atoms in total. The molecule has 0 aliphatic carbocycles. The van der Waals surface area contributed by atoms with E-state index in [2.05, 4.69) is 9.97 Å². The van der Waals surface area contributed by atoms with E-state index >= 15 is 0 Å². The van der Waals surface area contributed by atoms with Gasteiger partial charge in [-0.25, -0.2) is 0 Å². The fourth-order valence-electron chi connectivity index (χ4n) is 1.48. The summed E-state index contributed by atoms with van der Waals surface area (Å²) < 4.78 is 5.14. The van der Waals surface area contributed by atoms with E-state index in [1.165, 1.54) is 7.11 Å². The van der Waals surface area contributed by atoms with Gasteiger partial charge in [-0.1, -0.05) is 0 Å². The maximum atomic E-state index is 11.2. The van der Waals surface area contributed by atoms with Gasteiger partial charge in [0.25, 0.3) is 5.56 Å². The molecule has 1 aromatic heterocycles. The summed E-state index contributed by atoms with van der Waals surface area (Å²) >= 11 is 0. The summed E-state index contributed by atoms with van der Waals surface area (Å²) in [5.41, 5.74) is 6.27. The molecular formula is C11H11N3O3. The zero-order chi connectivity index (χ0) is 12.4. The summed E-state index contributed by atoms with van der Waals surface area (Å²) in [4.78, 5) is 17.6. The van der Waals surface area contributed by atoms with Crippen molar-refractivity contribution in [3.8, 4) is 23.0 Å². The lowest BCUT2D eigenvalue weighted by molar-refractivity contribution is 0.416.